The van der Waals surface area contributed by atoms with Gasteiger partial charge in [0.25, 0.3) is 0 Å². The van der Waals surface area contributed by atoms with Crippen molar-refractivity contribution in [1.82, 2.24) is 15.5 Å². The fourth-order valence-electron chi connectivity index (χ4n) is 3.23. The third-order valence-electron chi connectivity index (χ3n) is 4.02. The molecule has 2 unspecified atom stereocenters. The fraction of sp³-hybridized carbons (Fsp3) is 0.769. The van der Waals surface area contributed by atoms with Gasteiger partial charge in [-0.3, -0.25) is 9.59 Å². The second kappa shape index (κ2) is 5.68. The number of carbonyl (C=O) groups is 3. The summed E-state index contributed by atoms with van der Waals surface area (Å²) in [6.45, 7) is 2.07. The first-order valence-corrected chi connectivity index (χ1v) is 6.93. The number of fused-ring (bicyclic) bond motifs is 1. The van der Waals surface area contributed by atoms with Gasteiger partial charge in [0.1, 0.15) is 11.7 Å². The zero-order valence-electron chi connectivity index (χ0n) is 11.9. The first kappa shape index (κ1) is 14.6. The maximum atomic E-state index is 12.6. The van der Waals surface area contributed by atoms with E-state index in [9.17, 15) is 14.4 Å². The Morgan fingerprint density at radius 2 is 2.05 bits per heavy atom. The van der Waals surface area contributed by atoms with Crippen LogP contribution in [0.3, 0.4) is 0 Å². The molecule has 7 heteroatoms. The number of hydrogen-bond acceptors (Lipinski definition) is 4. The predicted molar refractivity (Wildman–Crippen MR) is 70.7 cm³/mol. The Kier molecular flexibility index (Phi) is 4.15. The second-order valence-corrected chi connectivity index (χ2v) is 5.39. The van der Waals surface area contributed by atoms with Gasteiger partial charge in [-0.2, -0.15) is 0 Å². The van der Waals surface area contributed by atoms with Gasteiger partial charge in [0.15, 0.2) is 0 Å². The van der Waals surface area contributed by atoms with Crippen molar-refractivity contribution < 1.29 is 19.1 Å². The minimum atomic E-state index is -0.602. The summed E-state index contributed by atoms with van der Waals surface area (Å²) < 4.78 is 4.55. The van der Waals surface area contributed by atoms with Gasteiger partial charge in [0.2, 0.25) is 11.8 Å². The first-order valence-electron chi connectivity index (χ1n) is 6.93. The lowest BCUT2D eigenvalue weighted by Gasteiger charge is -2.38. The van der Waals surface area contributed by atoms with Crippen LogP contribution in [0.4, 0.5) is 4.79 Å². The Hall–Kier alpha value is -1.79. The topological polar surface area (TPSA) is 87.7 Å². The van der Waals surface area contributed by atoms with Crippen LogP contribution < -0.4 is 10.6 Å². The highest BCUT2D eigenvalue weighted by Gasteiger charge is 2.47. The van der Waals surface area contributed by atoms with Gasteiger partial charge >= 0.3 is 6.09 Å². The molecule has 0 aromatic heterocycles. The van der Waals surface area contributed by atoms with Crippen LogP contribution in [0.25, 0.3) is 0 Å². The van der Waals surface area contributed by atoms with E-state index in [-0.39, 0.29) is 11.8 Å². The third-order valence-corrected chi connectivity index (χ3v) is 4.02. The van der Waals surface area contributed by atoms with Crippen molar-refractivity contribution in [3.63, 3.8) is 0 Å². The van der Waals surface area contributed by atoms with E-state index in [4.69, 9.17) is 0 Å². The van der Waals surface area contributed by atoms with Gasteiger partial charge in [0, 0.05) is 13.5 Å². The SMILES string of the molecule is COC(=O)NC1CCCC2(NC(C)=O)CCCN2C1=O. The molecule has 3 amide bonds. The highest BCUT2D eigenvalue weighted by molar-refractivity contribution is 5.87. The minimum Gasteiger partial charge on any atom is -0.453 e. The predicted octanol–water partition coefficient (Wildman–Crippen LogP) is 0.350. The zero-order chi connectivity index (χ0) is 14.8. The monoisotopic (exact) mass is 283 g/mol. The number of ether oxygens (including phenoxy) is 1. The van der Waals surface area contributed by atoms with Crippen molar-refractivity contribution in [2.45, 2.75) is 50.7 Å². The Labute approximate surface area is 118 Å². The van der Waals surface area contributed by atoms with E-state index in [1.165, 1.54) is 14.0 Å². The van der Waals surface area contributed by atoms with Gasteiger partial charge in [-0.25, -0.2) is 4.79 Å². The van der Waals surface area contributed by atoms with Crippen LogP contribution in [-0.4, -0.2) is 48.2 Å². The molecule has 2 heterocycles. The Morgan fingerprint density at radius 1 is 1.35 bits per heavy atom. The molecule has 0 saturated carbocycles. The second-order valence-electron chi connectivity index (χ2n) is 5.39. The molecule has 0 aromatic rings. The van der Waals surface area contributed by atoms with Crippen LogP contribution in [0.1, 0.15) is 39.0 Å². The van der Waals surface area contributed by atoms with Gasteiger partial charge in [-0.15, -0.1) is 0 Å². The number of methoxy groups -OCH3 is 1. The van der Waals surface area contributed by atoms with E-state index >= 15 is 0 Å². The normalized spacial score (nSPS) is 29.4. The largest absolute Gasteiger partial charge is 0.453 e. The Balaban J connectivity index is 2.17. The number of amides is 3. The molecule has 2 rings (SSSR count). The molecular weight excluding hydrogens is 262 g/mol. The molecule has 2 N–H and O–H groups in total. The van der Waals surface area contributed by atoms with Crippen LogP contribution in [-0.2, 0) is 14.3 Å². The molecule has 20 heavy (non-hydrogen) atoms. The van der Waals surface area contributed by atoms with E-state index in [0.717, 1.165) is 25.7 Å². The molecule has 7 nitrogen and oxygen atoms in total. The Morgan fingerprint density at radius 3 is 2.70 bits per heavy atom. The van der Waals surface area contributed by atoms with Crippen LogP contribution in [0.2, 0.25) is 0 Å². The van der Waals surface area contributed by atoms with E-state index in [0.29, 0.717) is 13.0 Å². The third kappa shape index (κ3) is 2.71. The van der Waals surface area contributed by atoms with Crippen LogP contribution in [0.15, 0.2) is 0 Å². The summed E-state index contributed by atoms with van der Waals surface area (Å²) in [5, 5.41) is 5.51. The number of hydrogen-bond donors (Lipinski definition) is 2. The summed E-state index contributed by atoms with van der Waals surface area (Å²) in [7, 11) is 1.27. The Bertz CT molecular complexity index is 426. The van der Waals surface area contributed by atoms with Crippen molar-refractivity contribution in [1.29, 1.82) is 0 Å². The van der Waals surface area contributed by atoms with Crippen molar-refractivity contribution in [3.05, 3.63) is 0 Å². The number of nitrogens with zero attached hydrogens (tertiary/aromatic N) is 1. The summed E-state index contributed by atoms with van der Waals surface area (Å²) in [4.78, 5) is 37.0. The van der Waals surface area contributed by atoms with Gasteiger partial charge in [-0.1, -0.05) is 0 Å². The molecule has 0 aromatic carbocycles. The smallest absolute Gasteiger partial charge is 0.407 e. The highest BCUT2D eigenvalue weighted by Crippen LogP contribution is 2.35. The van der Waals surface area contributed by atoms with Crippen molar-refractivity contribution >= 4 is 17.9 Å². The number of alkyl carbamates (subject to hydrolysis) is 1. The summed E-state index contributed by atoms with van der Waals surface area (Å²) in [6, 6.07) is -0.573. The summed E-state index contributed by atoms with van der Waals surface area (Å²) in [5.41, 5.74) is -0.574. The molecular formula is C13H21N3O4. The zero-order valence-corrected chi connectivity index (χ0v) is 11.9. The maximum absolute atomic E-state index is 12.6. The molecule has 2 fully saturated rings. The number of carbonyl (C=O) groups excluding carboxylic acids is 3. The standard InChI is InChI=1S/C13H21N3O4/c1-9(17)15-13-6-3-5-10(14-12(19)20-2)11(18)16(13)8-4-7-13/h10H,3-8H2,1-2H3,(H,14,19)(H,15,17). The molecule has 2 saturated heterocycles. The molecule has 0 aliphatic carbocycles. The van der Waals surface area contributed by atoms with Gasteiger partial charge in [0.05, 0.1) is 7.11 Å². The summed E-state index contributed by atoms with van der Waals surface area (Å²) in [6.07, 6.45) is 3.07. The van der Waals surface area contributed by atoms with Crippen molar-refractivity contribution in [3.8, 4) is 0 Å². The number of nitrogens with one attached hydrogen (secondary N) is 2. The summed E-state index contributed by atoms with van der Waals surface area (Å²) >= 11 is 0. The lowest BCUT2D eigenvalue weighted by Crippen LogP contribution is -2.60. The van der Waals surface area contributed by atoms with Crippen molar-refractivity contribution in [2.24, 2.45) is 0 Å². The highest BCUT2D eigenvalue weighted by atomic mass is 16.5. The minimum absolute atomic E-state index is 0.135. The maximum Gasteiger partial charge on any atom is 0.407 e. The van der Waals surface area contributed by atoms with Crippen LogP contribution in [0.5, 0.6) is 0 Å². The average Bonchev–Trinajstić information content (AvgIpc) is 2.74. The molecule has 2 aliphatic rings. The van der Waals surface area contributed by atoms with Gasteiger partial charge in [-0.05, 0) is 32.1 Å². The van der Waals surface area contributed by atoms with Crippen molar-refractivity contribution in [2.75, 3.05) is 13.7 Å². The van der Waals surface area contributed by atoms with E-state index in [1.807, 2.05) is 0 Å². The molecule has 0 radical (unpaired) electrons. The molecule has 0 bridgehead atoms. The first-order chi connectivity index (χ1) is 9.48. The molecule has 0 spiro atoms. The number of rotatable bonds is 2. The lowest BCUT2D eigenvalue weighted by molar-refractivity contribution is -0.139. The average molecular weight is 283 g/mol. The van der Waals surface area contributed by atoms with Crippen LogP contribution in [0, 0.1) is 0 Å². The molecule has 2 atom stereocenters. The fourth-order valence-corrected chi connectivity index (χ4v) is 3.23. The molecule has 2 aliphatic heterocycles. The van der Waals surface area contributed by atoms with E-state index < -0.39 is 17.8 Å². The van der Waals surface area contributed by atoms with Crippen LogP contribution >= 0.6 is 0 Å². The quantitative estimate of drug-likeness (QED) is 0.765. The molecule has 112 valence electrons. The van der Waals surface area contributed by atoms with Gasteiger partial charge < -0.3 is 20.3 Å². The lowest BCUT2D eigenvalue weighted by atomic mass is 10.00. The van der Waals surface area contributed by atoms with E-state index in [1.54, 1.807) is 4.90 Å². The van der Waals surface area contributed by atoms with E-state index in [2.05, 4.69) is 15.4 Å². The summed E-state index contributed by atoms with van der Waals surface area (Å²) in [5.74, 6) is -0.275.